The fourth-order valence-electron chi connectivity index (χ4n) is 3.00. The van der Waals surface area contributed by atoms with Gasteiger partial charge in [0.2, 0.25) is 5.91 Å². The number of nitrogens with zero attached hydrogens (tertiary/aromatic N) is 2. The number of methoxy groups -OCH3 is 1. The molecule has 2 amide bonds. The van der Waals surface area contributed by atoms with Gasteiger partial charge in [-0.1, -0.05) is 36.4 Å². The lowest BCUT2D eigenvalue weighted by Crippen LogP contribution is -2.40. The topological polar surface area (TPSA) is 80.8 Å². The zero-order valence-electron chi connectivity index (χ0n) is 18.3. The number of alkyl carbamates (subject to hydrolysis) is 1. The lowest BCUT2D eigenvalue weighted by atomic mass is 10.0. The fourth-order valence-corrected chi connectivity index (χ4v) is 3.00. The van der Waals surface area contributed by atoms with Crippen LogP contribution in [0.15, 0.2) is 54.7 Å². The largest absolute Gasteiger partial charge is 0.444 e. The Hall–Kier alpha value is -2.93. The molecule has 0 aliphatic carbocycles. The average molecular weight is 414 g/mol. The molecule has 2 rings (SSSR count). The van der Waals surface area contributed by atoms with Crippen LogP contribution in [0.2, 0.25) is 0 Å². The minimum Gasteiger partial charge on any atom is -0.444 e. The zero-order valence-corrected chi connectivity index (χ0v) is 18.3. The van der Waals surface area contributed by atoms with E-state index in [0.29, 0.717) is 0 Å². The van der Waals surface area contributed by atoms with E-state index in [9.17, 15) is 9.59 Å². The average Bonchev–Trinajstić information content (AvgIpc) is 2.71. The molecule has 0 radical (unpaired) electrons. The Labute approximate surface area is 178 Å². The van der Waals surface area contributed by atoms with Gasteiger partial charge in [0.05, 0.1) is 24.3 Å². The number of carbonyl (C=O) groups is 2. The van der Waals surface area contributed by atoms with Gasteiger partial charge in [-0.2, -0.15) is 0 Å². The van der Waals surface area contributed by atoms with Gasteiger partial charge in [-0.25, -0.2) is 4.79 Å². The molecule has 1 N–H and O–H groups in total. The molecule has 0 saturated heterocycles. The summed E-state index contributed by atoms with van der Waals surface area (Å²) in [5, 5.41) is 2.66. The van der Waals surface area contributed by atoms with Crippen LogP contribution in [0.4, 0.5) is 4.79 Å². The molecule has 0 aliphatic heterocycles. The van der Waals surface area contributed by atoms with Crippen molar-refractivity contribution in [3.8, 4) is 0 Å². The molecule has 0 saturated carbocycles. The van der Waals surface area contributed by atoms with E-state index in [0.717, 1.165) is 11.3 Å². The molecule has 1 heterocycles. The maximum Gasteiger partial charge on any atom is 0.407 e. The van der Waals surface area contributed by atoms with E-state index in [-0.39, 0.29) is 24.9 Å². The summed E-state index contributed by atoms with van der Waals surface area (Å²) in [5.74, 6) is -0.118. The Morgan fingerprint density at radius 2 is 1.77 bits per heavy atom. The summed E-state index contributed by atoms with van der Waals surface area (Å²) < 4.78 is 10.6. The number of aromatic nitrogens is 1. The van der Waals surface area contributed by atoms with Crippen molar-refractivity contribution in [2.24, 2.45) is 0 Å². The molecular formula is C23H31N3O4. The van der Waals surface area contributed by atoms with Crippen LogP contribution in [0.3, 0.4) is 0 Å². The van der Waals surface area contributed by atoms with Crippen molar-refractivity contribution < 1.29 is 19.1 Å². The molecule has 1 aromatic carbocycles. The fraction of sp³-hybridized carbons (Fsp3) is 0.435. The number of amides is 2. The maximum absolute atomic E-state index is 13.0. The summed E-state index contributed by atoms with van der Waals surface area (Å²) >= 11 is 0. The molecule has 30 heavy (non-hydrogen) atoms. The molecule has 2 aromatic rings. The van der Waals surface area contributed by atoms with E-state index in [1.165, 1.54) is 7.11 Å². The predicted molar refractivity (Wildman–Crippen MR) is 115 cm³/mol. The second kappa shape index (κ2) is 10.7. The molecule has 0 unspecified atom stereocenters. The van der Waals surface area contributed by atoms with Crippen LogP contribution in [-0.2, 0) is 14.3 Å². The smallest absolute Gasteiger partial charge is 0.407 e. The highest BCUT2D eigenvalue weighted by Crippen LogP contribution is 2.26. The Bertz CT molecular complexity index is 767. The van der Waals surface area contributed by atoms with Crippen LogP contribution < -0.4 is 5.32 Å². The molecule has 162 valence electrons. The first-order valence-corrected chi connectivity index (χ1v) is 9.92. The van der Waals surface area contributed by atoms with Gasteiger partial charge in [-0.15, -0.1) is 0 Å². The van der Waals surface area contributed by atoms with Crippen molar-refractivity contribution >= 4 is 12.0 Å². The monoisotopic (exact) mass is 413 g/mol. The summed E-state index contributed by atoms with van der Waals surface area (Å²) in [6, 6.07) is 15.1. The van der Waals surface area contributed by atoms with Crippen molar-refractivity contribution in [1.82, 2.24) is 15.2 Å². The van der Waals surface area contributed by atoms with Gasteiger partial charge in [0, 0.05) is 26.9 Å². The molecule has 0 spiro atoms. The third-order valence-electron chi connectivity index (χ3n) is 4.47. The Morgan fingerprint density at radius 3 is 2.33 bits per heavy atom. The standard InChI is InChI=1S/C23H31N3O4/c1-23(2,3)30-22(28)25-16-18(29-5)15-20(27)26(4)21(17-11-7-6-8-12-17)19-13-9-10-14-24-19/h6-14,18,21H,15-16H2,1-5H3,(H,25,28)/t18-,21-/m0/s1. The molecule has 0 fully saturated rings. The van der Waals surface area contributed by atoms with Crippen LogP contribution in [-0.4, -0.2) is 54.3 Å². The van der Waals surface area contributed by atoms with Crippen molar-refractivity contribution in [3.63, 3.8) is 0 Å². The normalized spacial score (nSPS) is 13.2. The van der Waals surface area contributed by atoms with E-state index in [2.05, 4.69) is 10.3 Å². The van der Waals surface area contributed by atoms with Crippen LogP contribution >= 0.6 is 0 Å². The second-order valence-corrected chi connectivity index (χ2v) is 8.02. The van der Waals surface area contributed by atoms with E-state index in [4.69, 9.17) is 9.47 Å². The first kappa shape index (κ1) is 23.3. The number of hydrogen-bond acceptors (Lipinski definition) is 5. The van der Waals surface area contributed by atoms with Crippen LogP contribution in [0.25, 0.3) is 0 Å². The van der Waals surface area contributed by atoms with Gasteiger partial charge in [0.25, 0.3) is 0 Å². The van der Waals surface area contributed by atoms with E-state index < -0.39 is 17.8 Å². The van der Waals surface area contributed by atoms with Crippen LogP contribution in [0.5, 0.6) is 0 Å². The highest BCUT2D eigenvalue weighted by Gasteiger charge is 2.27. The highest BCUT2D eigenvalue weighted by molar-refractivity contribution is 5.77. The minimum absolute atomic E-state index is 0.110. The number of nitrogens with one attached hydrogen (secondary N) is 1. The third kappa shape index (κ3) is 7.15. The van der Waals surface area contributed by atoms with Crippen molar-refractivity contribution in [2.45, 2.75) is 44.9 Å². The summed E-state index contributed by atoms with van der Waals surface area (Å²) in [7, 11) is 3.27. The molecule has 7 heteroatoms. The molecule has 0 aliphatic rings. The van der Waals surface area contributed by atoms with Crippen LogP contribution in [0.1, 0.15) is 44.5 Å². The zero-order chi connectivity index (χ0) is 22.1. The first-order valence-electron chi connectivity index (χ1n) is 9.92. The van der Waals surface area contributed by atoms with Gasteiger partial charge in [0.1, 0.15) is 5.60 Å². The number of hydrogen-bond donors (Lipinski definition) is 1. The molecule has 0 bridgehead atoms. The van der Waals surface area contributed by atoms with E-state index in [1.807, 2.05) is 48.5 Å². The summed E-state index contributed by atoms with van der Waals surface area (Å²) in [6.07, 6.45) is 0.805. The first-order chi connectivity index (χ1) is 14.2. The third-order valence-corrected chi connectivity index (χ3v) is 4.47. The maximum atomic E-state index is 13.0. The molecule has 7 nitrogen and oxygen atoms in total. The summed E-state index contributed by atoms with van der Waals surface area (Å²) in [4.78, 5) is 31.0. The number of benzene rings is 1. The minimum atomic E-state index is -0.589. The quantitative estimate of drug-likeness (QED) is 0.716. The highest BCUT2D eigenvalue weighted by atomic mass is 16.6. The van der Waals surface area contributed by atoms with Gasteiger partial charge < -0.3 is 19.7 Å². The van der Waals surface area contributed by atoms with Crippen LogP contribution in [0, 0.1) is 0 Å². The molecular weight excluding hydrogens is 382 g/mol. The molecule has 1 aromatic heterocycles. The molecule has 2 atom stereocenters. The number of carbonyl (C=O) groups excluding carboxylic acids is 2. The lowest BCUT2D eigenvalue weighted by molar-refractivity contribution is -0.134. The van der Waals surface area contributed by atoms with Gasteiger partial charge in [-0.3, -0.25) is 9.78 Å². The number of ether oxygens (including phenoxy) is 2. The summed E-state index contributed by atoms with van der Waals surface area (Å²) in [5.41, 5.74) is 1.15. The van der Waals surface area contributed by atoms with Crippen molar-refractivity contribution in [1.29, 1.82) is 0 Å². The Balaban J connectivity index is 2.08. The van der Waals surface area contributed by atoms with Crippen molar-refractivity contribution in [2.75, 3.05) is 20.7 Å². The van der Waals surface area contributed by atoms with Crippen molar-refractivity contribution in [3.05, 3.63) is 66.0 Å². The second-order valence-electron chi connectivity index (χ2n) is 8.02. The number of rotatable bonds is 8. The van der Waals surface area contributed by atoms with Gasteiger partial charge in [-0.05, 0) is 38.5 Å². The lowest BCUT2D eigenvalue weighted by Gasteiger charge is -2.29. The number of pyridine rings is 1. The van der Waals surface area contributed by atoms with Gasteiger partial charge in [0.15, 0.2) is 0 Å². The predicted octanol–water partition coefficient (Wildman–Crippen LogP) is 3.56. The van der Waals surface area contributed by atoms with E-state index in [1.54, 1.807) is 38.9 Å². The summed E-state index contributed by atoms with van der Waals surface area (Å²) in [6.45, 7) is 5.55. The Morgan fingerprint density at radius 1 is 1.10 bits per heavy atom. The SMILES string of the molecule is CO[C@H](CNC(=O)OC(C)(C)C)CC(=O)N(C)[C@@H](c1ccccc1)c1ccccn1. The Kier molecular flexibility index (Phi) is 8.35. The van der Waals surface area contributed by atoms with E-state index >= 15 is 0 Å². The van der Waals surface area contributed by atoms with Gasteiger partial charge >= 0.3 is 6.09 Å².